The van der Waals surface area contributed by atoms with E-state index in [9.17, 15) is 4.39 Å². The largest absolute Gasteiger partial charge is 0.490 e. The van der Waals surface area contributed by atoms with Crippen molar-refractivity contribution in [2.24, 2.45) is 0 Å². The predicted octanol–water partition coefficient (Wildman–Crippen LogP) is -1.23. The molecule has 0 aliphatic carbocycles. The topological polar surface area (TPSA) is 77.1 Å². The Kier molecular flexibility index (Phi) is 2.38. The van der Waals surface area contributed by atoms with Gasteiger partial charge in [-0.2, -0.15) is 9.65 Å². The molecule has 60 valence electrons. The van der Waals surface area contributed by atoms with Crippen molar-refractivity contribution < 1.29 is 14.4 Å². The first-order valence-corrected chi connectivity index (χ1v) is 3.07. The van der Waals surface area contributed by atoms with Crippen LogP contribution < -0.4 is 5.46 Å². The van der Waals surface area contributed by atoms with Crippen LogP contribution in [0.15, 0.2) is 12.3 Å². The zero-order chi connectivity index (χ0) is 9.14. The normalized spacial score (nSPS) is 9.17. The van der Waals surface area contributed by atoms with Gasteiger partial charge in [0, 0.05) is 11.7 Å². The third kappa shape index (κ3) is 1.42. The van der Waals surface area contributed by atoms with Crippen molar-refractivity contribution in [1.29, 1.82) is 5.26 Å². The van der Waals surface area contributed by atoms with Crippen molar-refractivity contribution in [3.63, 3.8) is 0 Å². The molecule has 0 saturated heterocycles. The van der Waals surface area contributed by atoms with Crippen molar-refractivity contribution in [2.45, 2.75) is 0 Å². The summed E-state index contributed by atoms with van der Waals surface area (Å²) in [6.07, 6.45) is 1.06. The van der Waals surface area contributed by atoms with Gasteiger partial charge in [-0.15, -0.1) is 0 Å². The first-order valence-electron chi connectivity index (χ1n) is 3.07. The molecular formula is C6H4BFN2O2. The lowest BCUT2D eigenvalue weighted by molar-refractivity contribution is 0.425. The third-order valence-electron chi connectivity index (χ3n) is 1.33. The number of nitriles is 1. The third-order valence-corrected chi connectivity index (χ3v) is 1.33. The van der Waals surface area contributed by atoms with Crippen molar-refractivity contribution in [1.82, 2.24) is 4.98 Å². The molecule has 0 aliphatic heterocycles. The molecule has 0 fully saturated rings. The summed E-state index contributed by atoms with van der Waals surface area (Å²) < 4.78 is 12.7. The number of aromatic nitrogens is 1. The molecule has 0 atom stereocenters. The van der Waals surface area contributed by atoms with Gasteiger partial charge in [-0.1, -0.05) is 0 Å². The molecule has 1 aromatic rings. The Hall–Kier alpha value is -1.45. The molecule has 0 aliphatic rings. The number of pyridine rings is 1. The van der Waals surface area contributed by atoms with Gasteiger partial charge in [-0.3, -0.25) is 0 Å². The molecule has 1 aromatic heterocycles. The first-order chi connectivity index (χ1) is 5.66. The minimum absolute atomic E-state index is 0.176. The first kappa shape index (κ1) is 8.65. The summed E-state index contributed by atoms with van der Waals surface area (Å²) in [5, 5.41) is 25.7. The molecule has 0 spiro atoms. The van der Waals surface area contributed by atoms with E-state index in [0.717, 1.165) is 6.20 Å². The molecule has 1 rings (SSSR count). The Morgan fingerprint density at radius 3 is 2.67 bits per heavy atom. The van der Waals surface area contributed by atoms with E-state index in [2.05, 4.69) is 4.98 Å². The molecule has 6 heteroatoms. The summed E-state index contributed by atoms with van der Waals surface area (Å²) in [5.41, 5.74) is -0.613. The summed E-state index contributed by atoms with van der Waals surface area (Å²) in [5.74, 6) is -0.997. The second-order valence-electron chi connectivity index (χ2n) is 2.05. The van der Waals surface area contributed by atoms with Gasteiger partial charge in [-0.05, 0) is 6.07 Å². The maximum Gasteiger partial charge on any atom is 0.490 e. The molecular weight excluding hydrogens is 162 g/mol. The second kappa shape index (κ2) is 3.30. The summed E-state index contributed by atoms with van der Waals surface area (Å²) in [6.45, 7) is 0. The van der Waals surface area contributed by atoms with Crippen LogP contribution in [-0.4, -0.2) is 22.2 Å². The van der Waals surface area contributed by atoms with Gasteiger partial charge < -0.3 is 10.0 Å². The predicted molar refractivity (Wildman–Crippen MR) is 38.7 cm³/mol. The van der Waals surface area contributed by atoms with E-state index in [-0.39, 0.29) is 5.46 Å². The Morgan fingerprint density at radius 2 is 2.25 bits per heavy atom. The minimum atomic E-state index is -1.85. The average Bonchev–Trinajstić information content (AvgIpc) is 2.03. The molecule has 0 aromatic carbocycles. The van der Waals surface area contributed by atoms with E-state index >= 15 is 0 Å². The van der Waals surface area contributed by atoms with Crippen LogP contribution in [0.4, 0.5) is 4.39 Å². The van der Waals surface area contributed by atoms with Crippen LogP contribution in [-0.2, 0) is 0 Å². The van der Waals surface area contributed by atoms with Gasteiger partial charge in [0.1, 0.15) is 11.6 Å². The average molecular weight is 166 g/mol. The van der Waals surface area contributed by atoms with E-state index in [1.807, 2.05) is 0 Å². The molecule has 2 N–H and O–H groups in total. The number of hydrogen-bond donors (Lipinski definition) is 2. The lowest BCUT2D eigenvalue weighted by Gasteiger charge is -2.00. The Labute approximate surface area is 68.1 Å². The van der Waals surface area contributed by atoms with Crippen LogP contribution in [0.1, 0.15) is 5.56 Å². The monoisotopic (exact) mass is 166 g/mol. The van der Waals surface area contributed by atoms with Gasteiger partial charge >= 0.3 is 7.12 Å². The van der Waals surface area contributed by atoms with Gasteiger partial charge in [0.15, 0.2) is 0 Å². The Bertz CT molecular complexity index is 337. The van der Waals surface area contributed by atoms with Crippen molar-refractivity contribution in [3.8, 4) is 6.07 Å². The molecule has 0 unspecified atom stereocenters. The Balaban J connectivity index is 3.30. The highest BCUT2D eigenvalue weighted by Crippen LogP contribution is 1.98. The molecule has 0 saturated carbocycles. The van der Waals surface area contributed by atoms with Crippen molar-refractivity contribution >= 4 is 12.6 Å². The van der Waals surface area contributed by atoms with Crippen molar-refractivity contribution in [2.75, 3.05) is 0 Å². The highest BCUT2D eigenvalue weighted by molar-refractivity contribution is 6.59. The van der Waals surface area contributed by atoms with Crippen LogP contribution in [0.5, 0.6) is 0 Å². The summed E-state index contributed by atoms with van der Waals surface area (Å²) >= 11 is 0. The van der Waals surface area contributed by atoms with Crippen LogP contribution in [0.25, 0.3) is 0 Å². The van der Waals surface area contributed by atoms with E-state index in [1.165, 1.54) is 12.1 Å². The molecule has 0 bridgehead atoms. The molecule has 1 heterocycles. The smallest absolute Gasteiger partial charge is 0.423 e. The number of rotatable bonds is 1. The van der Waals surface area contributed by atoms with Crippen molar-refractivity contribution in [3.05, 3.63) is 23.8 Å². The quantitative estimate of drug-likeness (QED) is 0.404. The number of hydrogen-bond acceptors (Lipinski definition) is 4. The number of halogens is 1. The maximum atomic E-state index is 12.7. The Morgan fingerprint density at radius 1 is 1.58 bits per heavy atom. The molecule has 12 heavy (non-hydrogen) atoms. The summed E-state index contributed by atoms with van der Waals surface area (Å²) in [7, 11) is -1.85. The van der Waals surface area contributed by atoms with Crippen LogP contribution >= 0.6 is 0 Å². The number of nitrogens with zero attached hydrogens (tertiary/aromatic N) is 2. The maximum absolute atomic E-state index is 12.7. The highest BCUT2D eigenvalue weighted by Gasteiger charge is 2.18. The standard InChI is InChI=1S/C6H4BFN2O2/c8-6-4(3-9)5(7(11)12)1-2-10-6/h1-2,11-12H. The lowest BCUT2D eigenvalue weighted by Crippen LogP contribution is -2.33. The van der Waals surface area contributed by atoms with E-state index < -0.39 is 18.6 Å². The molecule has 0 radical (unpaired) electrons. The second-order valence-corrected chi connectivity index (χ2v) is 2.05. The highest BCUT2D eigenvalue weighted by atomic mass is 19.1. The zero-order valence-electron chi connectivity index (χ0n) is 5.90. The van der Waals surface area contributed by atoms with Crippen LogP contribution in [0.2, 0.25) is 0 Å². The van der Waals surface area contributed by atoms with Gasteiger partial charge in [0.25, 0.3) is 0 Å². The fraction of sp³-hybridized carbons (Fsp3) is 0. The van der Waals surface area contributed by atoms with E-state index in [1.54, 1.807) is 0 Å². The van der Waals surface area contributed by atoms with E-state index in [4.69, 9.17) is 15.3 Å². The van der Waals surface area contributed by atoms with Gasteiger partial charge in [0.05, 0.1) is 0 Å². The zero-order valence-corrected chi connectivity index (χ0v) is 5.90. The fourth-order valence-corrected chi connectivity index (χ4v) is 0.776. The van der Waals surface area contributed by atoms with E-state index in [0.29, 0.717) is 0 Å². The van der Waals surface area contributed by atoms with Gasteiger partial charge in [-0.25, -0.2) is 4.98 Å². The minimum Gasteiger partial charge on any atom is -0.423 e. The molecule has 4 nitrogen and oxygen atoms in total. The van der Waals surface area contributed by atoms with Crippen LogP contribution in [0, 0.1) is 17.3 Å². The molecule has 0 amide bonds. The van der Waals surface area contributed by atoms with Gasteiger partial charge in [0.2, 0.25) is 5.95 Å². The summed E-state index contributed by atoms with van der Waals surface area (Å²) in [4.78, 5) is 3.18. The lowest BCUT2D eigenvalue weighted by atomic mass is 9.78. The summed E-state index contributed by atoms with van der Waals surface area (Å²) in [6, 6.07) is 2.66. The van der Waals surface area contributed by atoms with Crippen LogP contribution in [0.3, 0.4) is 0 Å². The fourth-order valence-electron chi connectivity index (χ4n) is 0.776. The SMILES string of the molecule is N#Cc1c(B(O)O)ccnc1F.